The third kappa shape index (κ3) is 15.8. The molecule has 1 aliphatic rings. The number of rotatable bonds is 14. The van der Waals surface area contributed by atoms with Crippen molar-refractivity contribution in [3.05, 3.63) is 48.0 Å². The van der Waals surface area contributed by atoms with Gasteiger partial charge in [0.2, 0.25) is 17.7 Å². The Bertz CT molecular complexity index is 1020. The van der Waals surface area contributed by atoms with Gasteiger partial charge in [0.15, 0.2) is 0 Å². The molecule has 0 aromatic heterocycles. The van der Waals surface area contributed by atoms with Crippen molar-refractivity contribution in [3.63, 3.8) is 0 Å². The van der Waals surface area contributed by atoms with Crippen molar-refractivity contribution in [3.8, 4) is 0 Å². The second-order valence-electron chi connectivity index (χ2n) is 11.0. The molecule has 1 aliphatic heterocycles. The first-order valence-corrected chi connectivity index (χ1v) is 14.6. The molecule has 0 bridgehead atoms. The number of hydrogen-bond acceptors (Lipinski definition) is 7. The molecule has 0 saturated carbocycles. The number of alkyl carbamates (subject to hydrolysis) is 1. The van der Waals surface area contributed by atoms with Gasteiger partial charge in [-0.25, -0.2) is 9.59 Å². The van der Waals surface area contributed by atoms with Crippen molar-refractivity contribution in [2.24, 2.45) is 17.8 Å². The molecule has 1 fully saturated rings. The zero-order chi connectivity index (χ0) is 31.5. The van der Waals surface area contributed by atoms with Gasteiger partial charge in [-0.05, 0) is 43.6 Å². The summed E-state index contributed by atoms with van der Waals surface area (Å²) >= 11 is 0. The Hall–Kier alpha value is -3.89. The summed E-state index contributed by atoms with van der Waals surface area (Å²) in [5, 5.41) is 10.6. The lowest BCUT2D eigenvalue weighted by atomic mass is 9.98. The van der Waals surface area contributed by atoms with Crippen LogP contribution in [0.5, 0.6) is 0 Å². The number of hydrogen-bond donors (Lipinski definition) is 4. The van der Waals surface area contributed by atoms with E-state index in [1.54, 1.807) is 20.8 Å². The number of ether oxygens (including phenoxy) is 2. The molecule has 3 unspecified atom stereocenters. The molecule has 11 nitrogen and oxygen atoms in total. The van der Waals surface area contributed by atoms with Crippen LogP contribution in [-0.4, -0.2) is 61.6 Å². The molecule has 4 N–H and O–H groups in total. The average Bonchev–Trinajstić information content (AvgIpc) is 3.35. The third-order valence-corrected chi connectivity index (χ3v) is 5.94. The topological polar surface area (TPSA) is 152 Å². The van der Waals surface area contributed by atoms with Crippen LogP contribution in [0.3, 0.4) is 0 Å². The summed E-state index contributed by atoms with van der Waals surface area (Å²) in [5.41, 5.74) is 0.810. The van der Waals surface area contributed by atoms with Crippen molar-refractivity contribution in [1.29, 1.82) is 0 Å². The second kappa shape index (κ2) is 20.1. The van der Waals surface area contributed by atoms with E-state index in [4.69, 9.17) is 9.47 Å². The molecular formula is C31H48N4O7. The minimum Gasteiger partial charge on any atom is -0.463 e. The molecule has 2 rings (SSSR count). The highest BCUT2D eigenvalue weighted by Crippen LogP contribution is 2.17. The highest BCUT2D eigenvalue weighted by atomic mass is 16.5. The van der Waals surface area contributed by atoms with E-state index >= 15 is 0 Å². The maximum atomic E-state index is 12.7. The lowest BCUT2D eigenvalue weighted by Gasteiger charge is -2.22. The fourth-order valence-electron chi connectivity index (χ4n) is 3.86. The van der Waals surface area contributed by atoms with E-state index in [-0.39, 0.29) is 37.5 Å². The molecule has 0 aliphatic carbocycles. The summed E-state index contributed by atoms with van der Waals surface area (Å²) in [4.78, 5) is 61.1. The van der Waals surface area contributed by atoms with Crippen LogP contribution in [0.2, 0.25) is 0 Å². The van der Waals surface area contributed by atoms with Crippen molar-refractivity contribution < 1.29 is 33.4 Å². The Morgan fingerprint density at radius 1 is 1.02 bits per heavy atom. The van der Waals surface area contributed by atoms with E-state index < -0.39 is 36.0 Å². The monoisotopic (exact) mass is 588 g/mol. The predicted octanol–water partition coefficient (Wildman–Crippen LogP) is 3.24. The molecule has 11 heteroatoms. The number of esters is 1. The molecule has 1 aromatic rings. The number of amides is 4. The van der Waals surface area contributed by atoms with Crippen LogP contribution in [0.1, 0.15) is 66.4 Å². The van der Waals surface area contributed by atoms with Gasteiger partial charge < -0.3 is 30.7 Å². The summed E-state index contributed by atoms with van der Waals surface area (Å²) in [5.74, 6) is -1.16. The summed E-state index contributed by atoms with van der Waals surface area (Å²) in [6, 6.07) is 7.69. The van der Waals surface area contributed by atoms with E-state index in [2.05, 4.69) is 42.0 Å². The van der Waals surface area contributed by atoms with Crippen molar-refractivity contribution >= 4 is 29.8 Å². The molecule has 0 radical (unpaired) electrons. The Morgan fingerprint density at radius 3 is 2.26 bits per heavy atom. The van der Waals surface area contributed by atoms with Crippen LogP contribution in [0, 0.1) is 17.8 Å². The van der Waals surface area contributed by atoms with Gasteiger partial charge in [0.25, 0.3) is 0 Å². The Kier molecular flexibility index (Phi) is 17.3. The van der Waals surface area contributed by atoms with Crippen molar-refractivity contribution in [2.75, 3.05) is 19.7 Å². The molecule has 42 heavy (non-hydrogen) atoms. The average molecular weight is 589 g/mol. The Labute approximate surface area is 249 Å². The van der Waals surface area contributed by atoms with Gasteiger partial charge in [-0.3, -0.25) is 14.4 Å². The molecule has 1 saturated heterocycles. The van der Waals surface area contributed by atoms with Gasteiger partial charge in [-0.2, -0.15) is 0 Å². The molecule has 4 amide bonds. The molecule has 1 heterocycles. The summed E-state index contributed by atoms with van der Waals surface area (Å²) in [7, 11) is 0. The van der Waals surface area contributed by atoms with Crippen LogP contribution < -0.4 is 21.3 Å². The Morgan fingerprint density at radius 2 is 1.69 bits per heavy atom. The van der Waals surface area contributed by atoms with E-state index in [1.165, 1.54) is 12.2 Å². The lowest BCUT2D eigenvalue weighted by Crippen LogP contribution is -2.52. The smallest absolute Gasteiger partial charge is 0.408 e. The highest BCUT2D eigenvalue weighted by molar-refractivity contribution is 5.90. The predicted molar refractivity (Wildman–Crippen MR) is 160 cm³/mol. The number of carbonyl (C=O) groups is 5. The van der Waals surface area contributed by atoms with Gasteiger partial charge in [0.1, 0.15) is 12.6 Å². The lowest BCUT2D eigenvalue weighted by molar-refractivity contribution is -0.137. The van der Waals surface area contributed by atoms with Crippen LogP contribution in [-0.2, 0) is 35.3 Å². The zero-order valence-corrected chi connectivity index (χ0v) is 25.7. The molecular weight excluding hydrogens is 540 g/mol. The van der Waals surface area contributed by atoms with E-state index in [1.807, 2.05) is 30.3 Å². The molecule has 1 aromatic carbocycles. The summed E-state index contributed by atoms with van der Waals surface area (Å²) in [6.45, 7) is 12.3. The van der Waals surface area contributed by atoms with Crippen LogP contribution >= 0.6 is 0 Å². The van der Waals surface area contributed by atoms with E-state index in [9.17, 15) is 24.0 Å². The molecule has 0 spiro atoms. The van der Waals surface area contributed by atoms with Crippen LogP contribution in [0.25, 0.3) is 0 Å². The fourth-order valence-corrected chi connectivity index (χ4v) is 3.86. The van der Waals surface area contributed by atoms with Crippen molar-refractivity contribution in [2.45, 2.75) is 79.5 Å². The summed E-state index contributed by atoms with van der Waals surface area (Å²) < 4.78 is 10.1. The second-order valence-corrected chi connectivity index (χ2v) is 11.0. The maximum Gasteiger partial charge on any atom is 0.408 e. The highest BCUT2D eigenvalue weighted by Gasteiger charge is 2.27. The SMILES string of the molecule is CC(C)C.CCOC(=O)/C=C/C(CCC1CCNC1=O)NC(=O)CNC(=O)C(NC(=O)OCc1ccccc1)C(C)C. The third-order valence-electron chi connectivity index (χ3n) is 5.94. The minimum absolute atomic E-state index is 0.0220. The maximum absolute atomic E-state index is 12.7. The van der Waals surface area contributed by atoms with Gasteiger partial charge in [0.05, 0.1) is 13.2 Å². The number of benzene rings is 1. The first-order chi connectivity index (χ1) is 19.9. The minimum atomic E-state index is -0.911. The van der Waals surface area contributed by atoms with Gasteiger partial charge in [-0.1, -0.05) is 71.0 Å². The van der Waals surface area contributed by atoms with E-state index in [0.29, 0.717) is 25.8 Å². The Balaban J connectivity index is 0.00000206. The van der Waals surface area contributed by atoms with Crippen molar-refractivity contribution in [1.82, 2.24) is 21.3 Å². The first kappa shape index (κ1) is 36.1. The van der Waals surface area contributed by atoms with Gasteiger partial charge in [-0.15, -0.1) is 0 Å². The van der Waals surface area contributed by atoms with Crippen LogP contribution in [0.4, 0.5) is 4.79 Å². The number of nitrogens with one attached hydrogen (secondary N) is 4. The quantitative estimate of drug-likeness (QED) is 0.192. The largest absolute Gasteiger partial charge is 0.463 e. The normalized spacial score (nSPS) is 15.7. The summed E-state index contributed by atoms with van der Waals surface area (Å²) in [6.07, 6.45) is 3.69. The first-order valence-electron chi connectivity index (χ1n) is 14.6. The molecule has 234 valence electrons. The number of carbonyl (C=O) groups excluding carboxylic acids is 5. The van der Waals surface area contributed by atoms with E-state index in [0.717, 1.165) is 11.5 Å². The van der Waals surface area contributed by atoms with Gasteiger partial charge in [0, 0.05) is 24.6 Å². The zero-order valence-electron chi connectivity index (χ0n) is 25.7. The standard InChI is InChI=1S/C27H38N4O7.C4H10/c1-4-37-23(33)13-12-21(11-10-20-14-15-28-25(20)34)30-22(32)16-29-26(35)24(18(2)3)31-27(36)38-17-19-8-6-5-7-9-19;1-4(2)3/h5-9,12-13,18,20-21,24H,4,10-11,14-17H2,1-3H3,(H,28,34)(H,29,35)(H,30,32)(H,31,36);4H,1-3H3/b13-12+;. The van der Waals surface area contributed by atoms with Crippen LogP contribution in [0.15, 0.2) is 42.5 Å². The molecule has 3 atom stereocenters. The fraction of sp³-hybridized carbons (Fsp3) is 0.581. The van der Waals surface area contributed by atoms with Gasteiger partial charge >= 0.3 is 12.1 Å².